The van der Waals surface area contributed by atoms with Crippen molar-refractivity contribution in [2.75, 3.05) is 13.2 Å². The molecule has 174 valence electrons. The van der Waals surface area contributed by atoms with E-state index < -0.39 is 5.91 Å². The molecule has 0 unspecified atom stereocenters. The van der Waals surface area contributed by atoms with Crippen molar-refractivity contribution in [2.24, 2.45) is 16.8 Å². The first-order valence-corrected chi connectivity index (χ1v) is 11.5. The van der Waals surface area contributed by atoms with E-state index in [0.717, 1.165) is 30.4 Å². The lowest BCUT2D eigenvalue weighted by molar-refractivity contribution is -0.122. The Balaban J connectivity index is 1.53. The predicted octanol–water partition coefficient (Wildman–Crippen LogP) is 3.72. The highest BCUT2D eigenvalue weighted by atomic mass is 35.5. The second kappa shape index (κ2) is 10.7. The number of carbonyl (C=O) groups excluding carboxylic acids is 2. The van der Waals surface area contributed by atoms with Crippen molar-refractivity contribution in [3.8, 4) is 17.0 Å². The first-order valence-electron chi connectivity index (χ1n) is 11.2. The monoisotopic (exact) mass is 470 g/mol. The summed E-state index contributed by atoms with van der Waals surface area (Å²) in [4.78, 5) is 33.5. The molecule has 33 heavy (non-hydrogen) atoms. The SMILES string of the molecule is NC(=O)CON=C1CCCC[C@@H]1NC(=O)c1cnc(OCC2CC2)c(-c2ccc(Cl)cc2)c1. The lowest BCUT2D eigenvalue weighted by Gasteiger charge is -2.24. The number of nitrogens with zero attached hydrogens (tertiary/aromatic N) is 2. The van der Waals surface area contributed by atoms with Gasteiger partial charge in [0.15, 0.2) is 6.61 Å². The van der Waals surface area contributed by atoms with E-state index >= 15 is 0 Å². The van der Waals surface area contributed by atoms with Gasteiger partial charge in [-0.2, -0.15) is 0 Å². The average Bonchev–Trinajstić information content (AvgIpc) is 3.64. The van der Waals surface area contributed by atoms with E-state index in [9.17, 15) is 9.59 Å². The number of carbonyl (C=O) groups is 2. The van der Waals surface area contributed by atoms with Crippen LogP contribution >= 0.6 is 11.6 Å². The quantitative estimate of drug-likeness (QED) is 0.542. The van der Waals surface area contributed by atoms with Crippen LogP contribution in [0.2, 0.25) is 5.02 Å². The van der Waals surface area contributed by atoms with Gasteiger partial charge in [-0.1, -0.05) is 35.3 Å². The summed E-state index contributed by atoms with van der Waals surface area (Å²) in [6.07, 6.45) is 7.20. The Hall–Kier alpha value is -3.13. The molecule has 2 aliphatic carbocycles. The van der Waals surface area contributed by atoms with Crippen molar-refractivity contribution in [3.05, 3.63) is 47.1 Å². The van der Waals surface area contributed by atoms with Crippen molar-refractivity contribution in [3.63, 3.8) is 0 Å². The smallest absolute Gasteiger partial charge is 0.258 e. The van der Waals surface area contributed by atoms with E-state index in [4.69, 9.17) is 26.9 Å². The molecule has 0 saturated heterocycles. The summed E-state index contributed by atoms with van der Waals surface area (Å²) in [5, 5.41) is 7.69. The van der Waals surface area contributed by atoms with Gasteiger partial charge in [-0.25, -0.2) is 4.98 Å². The molecule has 0 bridgehead atoms. The van der Waals surface area contributed by atoms with E-state index in [2.05, 4.69) is 15.5 Å². The molecular weight excluding hydrogens is 444 g/mol. The van der Waals surface area contributed by atoms with Gasteiger partial charge in [0.25, 0.3) is 11.8 Å². The topological polar surface area (TPSA) is 116 Å². The molecule has 1 atom stereocenters. The number of amides is 2. The van der Waals surface area contributed by atoms with Gasteiger partial charge in [0, 0.05) is 16.8 Å². The summed E-state index contributed by atoms with van der Waals surface area (Å²) < 4.78 is 5.96. The third-order valence-electron chi connectivity index (χ3n) is 5.69. The van der Waals surface area contributed by atoms with Gasteiger partial charge in [-0.3, -0.25) is 9.59 Å². The zero-order chi connectivity index (χ0) is 23.2. The summed E-state index contributed by atoms with van der Waals surface area (Å²) in [6, 6.07) is 8.87. The Kier molecular flexibility index (Phi) is 7.44. The Morgan fingerprint density at radius 1 is 1.18 bits per heavy atom. The first-order chi connectivity index (χ1) is 16.0. The lowest BCUT2D eigenvalue weighted by Crippen LogP contribution is -2.42. The zero-order valence-electron chi connectivity index (χ0n) is 18.3. The number of oxime groups is 1. The van der Waals surface area contributed by atoms with E-state index in [1.54, 1.807) is 18.2 Å². The Morgan fingerprint density at radius 2 is 1.97 bits per heavy atom. The number of ether oxygens (including phenoxy) is 1. The molecule has 0 aliphatic heterocycles. The molecule has 8 nitrogen and oxygen atoms in total. The fourth-order valence-electron chi connectivity index (χ4n) is 3.69. The van der Waals surface area contributed by atoms with Gasteiger partial charge in [-0.15, -0.1) is 0 Å². The molecule has 3 N–H and O–H groups in total. The molecule has 4 rings (SSSR count). The van der Waals surface area contributed by atoms with Crippen LogP contribution in [0.1, 0.15) is 48.9 Å². The van der Waals surface area contributed by atoms with Crippen LogP contribution in [0, 0.1) is 5.92 Å². The largest absolute Gasteiger partial charge is 0.477 e. The second-order valence-electron chi connectivity index (χ2n) is 8.43. The third-order valence-corrected chi connectivity index (χ3v) is 5.95. The van der Waals surface area contributed by atoms with E-state index in [1.165, 1.54) is 19.0 Å². The minimum absolute atomic E-state index is 0.263. The van der Waals surface area contributed by atoms with E-state index in [0.29, 0.717) is 41.1 Å². The highest BCUT2D eigenvalue weighted by Crippen LogP contribution is 2.33. The summed E-state index contributed by atoms with van der Waals surface area (Å²) in [5.41, 5.74) is 7.82. The predicted molar refractivity (Wildman–Crippen MR) is 125 cm³/mol. The third kappa shape index (κ3) is 6.44. The second-order valence-corrected chi connectivity index (χ2v) is 8.87. The van der Waals surface area contributed by atoms with Crippen molar-refractivity contribution < 1.29 is 19.2 Å². The molecule has 1 aromatic carbocycles. The number of hydrogen-bond acceptors (Lipinski definition) is 6. The number of aromatic nitrogens is 1. The van der Waals surface area contributed by atoms with Gasteiger partial charge in [-0.05, 0) is 61.8 Å². The van der Waals surface area contributed by atoms with Crippen molar-refractivity contribution in [2.45, 2.75) is 44.6 Å². The molecule has 2 aromatic rings. The maximum absolute atomic E-state index is 13.1. The van der Waals surface area contributed by atoms with E-state index in [1.807, 2.05) is 12.1 Å². The molecule has 2 amide bonds. The van der Waals surface area contributed by atoms with Gasteiger partial charge in [0.1, 0.15) is 0 Å². The van der Waals surface area contributed by atoms with Gasteiger partial charge >= 0.3 is 0 Å². The number of nitrogens with two attached hydrogens (primary N) is 1. The number of halogens is 1. The van der Waals surface area contributed by atoms with Gasteiger partial charge < -0.3 is 20.6 Å². The number of primary amides is 1. The van der Waals surface area contributed by atoms with Crippen molar-refractivity contribution in [1.29, 1.82) is 0 Å². The number of benzene rings is 1. The standard InChI is InChI=1S/C24H27ClN4O4/c25-18-9-7-16(8-10-18)19-11-17(12-27-24(19)32-13-15-5-6-15)23(31)28-20-3-1-2-4-21(20)29-33-14-22(26)30/h7-12,15,20H,1-6,13-14H2,(H2,26,30)(H,28,31)/t20-/m0/s1. The maximum Gasteiger partial charge on any atom is 0.258 e. The molecule has 9 heteroatoms. The van der Waals surface area contributed by atoms with Crippen LogP contribution in [-0.4, -0.2) is 41.8 Å². The average molecular weight is 471 g/mol. The molecular formula is C24H27ClN4O4. The first kappa shape index (κ1) is 23.0. The highest BCUT2D eigenvalue weighted by molar-refractivity contribution is 6.30. The normalized spacial score (nSPS) is 19.2. The maximum atomic E-state index is 13.1. The number of nitrogens with one attached hydrogen (secondary N) is 1. The summed E-state index contributed by atoms with van der Waals surface area (Å²) in [5.74, 6) is 0.218. The number of rotatable bonds is 9. The van der Waals surface area contributed by atoms with Gasteiger partial charge in [0.05, 0.1) is 23.9 Å². The van der Waals surface area contributed by atoms with Crippen LogP contribution in [0.3, 0.4) is 0 Å². The van der Waals surface area contributed by atoms with Crippen molar-refractivity contribution >= 4 is 29.1 Å². The Bertz CT molecular complexity index is 1040. The Morgan fingerprint density at radius 3 is 2.70 bits per heavy atom. The molecule has 2 saturated carbocycles. The van der Waals surface area contributed by atoms with E-state index in [-0.39, 0.29) is 18.6 Å². The summed E-state index contributed by atoms with van der Waals surface area (Å²) in [6.45, 7) is 0.327. The van der Waals surface area contributed by atoms with Gasteiger partial charge in [0.2, 0.25) is 5.88 Å². The minimum atomic E-state index is -0.597. The van der Waals surface area contributed by atoms with Crippen LogP contribution in [0.25, 0.3) is 11.1 Å². The molecule has 1 heterocycles. The van der Waals surface area contributed by atoms with Crippen LogP contribution < -0.4 is 15.8 Å². The number of hydrogen-bond donors (Lipinski definition) is 2. The minimum Gasteiger partial charge on any atom is -0.477 e. The Labute approximate surface area is 197 Å². The number of pyridine rings is 1. The molecule has 0 spiro atoms. The van der Waals surface area contributed by atoms with Crippen LogP contribution in [0.5, 0.6) is 5.88 Å². The molecule has 1 aromatic heterocycles. The van der Waals surface area contributed by atoms with Crippen molar-refractivity contribution in [1.82, 2.24) is 10.3 Å². The van der Waals surface area contributed by atoms with Crippen LogP contribution in [0.15, 0.2) is 41.7 Å². The fraction of sp³-hybridized carbons (Fsp3) is 0.417. The van der Waals surface area contributed by atoms with Crippen LogP contribution in [-0.2, 0) is 9.63 Å². The molecule has 2 fully saturated rings. The lowest BCUT2D eigenvalue weighted by atomic mass is 9.93. The molecule has 0 radical (unpaired) electrons. The molecule has 2 aliphatic rings. The summed E-state index contributed by atoms with van der Waals surface area (Å²) >= 11 is 6.05. The zero-order valence-corrected chi connectivity index (χ0v) is 19.0. The fourth-order valence-corrected chi connectivity index (χ4v) is 3.82. The highest BCUT2D eigenvalue weighted by Gasteiger charge is 2.25. The summed E-state index contributed by atoms with van der Waals surface area (Å²) in [7, 11) is 0. The van der Waals surface area contributed by atoms with Crippen LogP contribution in [0.4, 0.5) is 0 Å².